The lowest BCUT2D eigenvalue weighted by Gasteiger charge is -2.03. The van der Waals surface area contributed by atoms with Crippen LogP contribution in [0.5, 0.6) is 0 Å². The minimum atomic E-state index is 0.113. The van der Waals surface area contributed by atoms with Gasteiger partial charge in [0.05, 0.1) is 11.2 Å². The van der Waals surface area contributed by atoms with Crippen molar-refractivity contribution in [3.63, 3.8) is 0 Å². The summed E-state index contributed by atoms with van der Waals surface area (Å²) in [6.07, 6.45) is 0. The Labute approximate surface area is 80.1 Å². The molecule has 1 aromatic heterocycles. The van der Waals surface area contributed by atoms with E-state index in [0.717, 1.165) is 5.69 Å². The standard InChI is InChI=1S/C8H11NOS2/c10-5-6-1-2-7(9-6)8-11-3-4-12-8/h1-2,8-10H,3-5H2. The molecule has 0 spiro atoms. The molecule has 0 atom stereocenters. The Hall–Kier alpha value is -0.0600. The highest BCUT2D eigenvalue weighted by Crippen LogP contribution is 2.44. The average Bonchev–Trinajstić information content (AvgIpc) is 2.75. The molecule has 1 aromatic rings. The number of rotatable bonds is 2. The van der Waals surface area contributed by atoms with Gasteiger partial charge in [-0.05, 0) is 12.1 Å². The molecule has 12 heavy (non-hydrogen) atoms. The van der Waals surface area contributed by atoms with Crippen LogP contribution < -0.4 is 0 Å². The van der Waals surface area contributed by atoms with Gasteiger partial charge in [-0.15, -0.1) is 23.5 Å². The largest absolute Gasteiger partial charge is 0.390 e. The highest BCUT2D eigenvalue weighted by molar-refractivity contribution is 8.19. The van der Waals surface area contributed by atoms with Gasteiger partial charge in [-0.2, -0.15) is 0 Å². The molecule has 2 N–H and O–H groups in total. The zero-order chi connectivity index (χ0) is 8.39. The van der Waals surface area contributed by atoms with E-state index in [2.05, 4.69) is 11.1 Å². The van der Waals surface area contributed by atoms with Gasteiger partial charge >= 0.3 is 0 Å². The zero-order valence-corrected chi connectivity index (χ0v) is 8.25. The second kappa shape index (κ2) is 3.77. The summed E-state index contributed by atoms with van der Waals surface area (Å²) in [7, 11) is 0. The van der Waals surface area contributed by atoms with Crippen molar-refractivity contribution in [2.75, 3.05) is 11.5 Å². The van der Waals surface area contributed by atoms with Crippen LogP contribution in [0.4, 0.5) is 0 Å². The van der Waals surface area contributed by atoms with E-state index in [1.165, 1.54) is 17.2 Å². The number of aromatic nitrogens is 1. The molecule has 0 unspecified atom stereocenters. The Morgan fingerprint density at radius 2 is 2.17 bits per heavy atom. The number of nitrogens with one attached hydrogen (secondary N) is 1. The lowest BCUT2D eigenvalue weighted by Crippen LogP contribution is -1.87. The van der Waals surface area contributed by atoms with E-state index in [0.29, 0.717) is 4.58 Å². The van der Waals surface area contributed by atoms with Crippen LogP contribution in [0.25, 0.3) is 0 Å². The van der Waals surface area contributed by atoms with Gasteiger partial charge in [0.25, 0.3) is 0 Å². The number of aliphatic hydroxyl groups is 1. The first kappa shape index (κ1) is 8.53. The smallest absolute Gasteiger partial charge is 0.0900 e. The van der Waals surface area contributed by atoms with Crippen LogP contribution in [-0.4, -0.2) is 21.6 Å². The maximum absolute atomic E-state index is 8.85. The molecule has 1 aliphatic rings. The fraction of sp³-hybridized carbons (Fsp3) is 0.500. The molecule has 0 radical (unpaired) electrons. The van der Waals surface area contributed by atoms with Crippen molar-refractivity contribution < 1.29 is 5.11 Å². The Morgan fingerprint density at radius 1 is 1.42 bits per heavy atom. The summed E-state index contributed by atoms with van der Waals surface area (Å²) >= 11 is 3.94. The number of aromatic amines is 1. The summed E-state index contributed by atoms with van der Waals surface area (Å²) in [5.41, 5.74) is 2.16. The molecule has 2 rings (SSSR count). The molecule has 0 amide bonds. The minimum Gasteiger partial charge on any atom is -0.390 e. The molecule has 0 aromatic carbocycles. The summed E-state index contributed by atoms with van der Waals surface area (Å²) in [5.74, 6) is 2.48. The molecular weight excluding hydrogens is 190 g/mol. The minimum absolute atomic E-state index is 0.113. The van der Waals surface area contributed by atoms with E-state index in [9.17, 15) is 0 Å². The van der Waals surface area contributed by atoms with Gasteiger partial charge in [-0.25, -0.2) is 0 Å². The van der Waals surface area contributed by atoms with Gasteiger partial charge in [0.1, 0.15) is 0 Å². The first-order valence-electron chi connectivity index (χ1n) is 3.92. The Bertz CT molecular complexity index is 255. The van der Waals surface area contributed by atoms with Crippen molar-refractivity contribution in [3.8, 4) is 0 Å². The third-order valence-corrected chi connectivity index (χ3v) is 4.88. The predicted octanol–water partition coefficient (Wildman–Crippen LogP) is 1.99. The van der Waals surface area contributed by atoms with Crippen LogP contribution in [0.2, 0.25) is 0 Å². The number of thioether (sulfide) groups is 2. The molecule has 0 aliphatic carbocycles. The summed E-state index contributed by atoms with van der Waals surface area (Å²) in [5, 5.41) is 8.85. The molecule has 1 fully saturated rings. The van der Waals surface area contributed by atoms with Crippen molar-refractivity contribution in [2.45, 2.75) is 11.2 Å². The second-order valence-electron chi connectivity index (χ2n) is 2.67. The second-order valence-corrected chi connectivity index (χ2v) is 5.39. The molecular formula is C8H11NOS2. The van der Waals surface area contributed by atoms with Crippen molar-refractivity contribution in [1.82, 2.24) is 4.98 Å². The molecule has 1 saturated heterocycles. The van der Waals surface area contributed by atoms with E-state index < -0.39 is 0 Å². The van der Waals surface area contributed by atoms with Gasteiger partial charge in [0, 0.05) is 22.9 Å². The maximum atomic E-state index is 8.85. The fourth-order valence-corrected chi connectivity index (χ4v) is 4.02. The summed E-state index contributed by atoms with van der Waals surface area (Å²) in [6.45, 7) is 0.113. The Kier molecular flexibility index (Phi) is 2.68. The lowest BCUT2D eigenvalue weighted by molar-refractivity contribution is 0.277. The topological polar surface area (TPSA) is 36.0 Å². The van der Waals surface area contributed by atoms with E-state index in [4.69, 9.17) is 5.11 Å². The van der Waals surface area contributed by atoms with Crippen molar-refractivity contribution in [1.29, 1.82) is 0 Å². The van der Waals surface area contributed by atoms with Crippen molar-refractivity contribution in [2.24, 2.45) is 0 Å². The monoisotopic (exact) mass is 201 g/mol. The quantitative estimate of drug-likeness (QED) is 0.768. The molecule has 66 valence electrons. The van der Waals surface area contributed by atoms with Crippen LogP contribution in [0, 0.1) is 0 Å². The Balaban J connectivity index is 2.11. The van der Waals surface area contributed by atoms with Gasteiger partial charge < -0.3 is 10.1 Å². The van der Waals surface area contributed by atoms with E-state index >= 15 is 0 Å². The highest BCUT2D eigenvalue weighted by Gasteiger charge is 2.19. The van der Waals surface area contributed by atoms with Gasteiger partial charge in [0.2, 0.25) is 0 Å². The summed E-state index contributed by atoms with van der Waals surface area (Å²) < 4.78 is 0.560. The molecule has 2 heterocycles. The molecule has 0 bridgehead atoms. The average molecular weight is 201 g/mol. The predicted molar refractivity (Wildman–Crippen MR) is 54.4 cm³/mol. The molecule has 0 saturated carbocycles. The first-order chi connectivity index (χ1) is 5.90. The summed E-state index contributed by atoms with van der Waals surface area (Å²) in [6, 6.07) is 4.02. The molecule has 4 heteroatoms. The third kappa shape index (κ3) is 1.65. The van der Waals surface area contributed by atoms with E-state index in [1.54, 1.807) is 0 Å². The highest BCUT2D eigenvalue weighted by atomic mass is 32.2. The van der Waals surface area contributed by atoms with Crippen molar-refractivity contribution in [3.05, 3.63) is 23.5 Å². The molecule has 1 aliphatic heterocycles. The fourth-order valence-electron chi connectivity index (χ4n) is 1.23. The van der Waals surface area contributed by atoms with Crippen LogP contribution in [0.3, 0.4) is 0 Å². The van der Waals surface area contributed by atoms with Gasteiger partial charge in [-0.3, -0.25) is 0 Å². The maximum Gasteiger partial charge on any atom is 0.0900 e. The Morgan fingerprint density at radius 3 is 2.75 bits per heavy atom. The summed E-state index contributed by atoms with van der Waals surface area (Å²) in [4.78, 5) is 3.21. The van der Waals surface area contributed by atoms with Crippen LogP contribution in [-0.2, 0) is 6.61 Å². The number of H-pyrrole nitrogens is 1. The zero-order valence-electron chi connectivity index (χ0n) is 6.62. The molecule has 2 nitrogen and oxygen atoms in total. The lowest BCUT2D eigenvalue weighted by atomic mass is 10.4. The number of aliphatic hydroxyl groups excluding tert-OH is 1. The number of hydrogen-bond donors (Lipinski definition) is 2. The van der Waals surface area contributed by atoms with Gasteiger partial charge in [0.15, 0.2) is 0 Å². The van der Waals surface area contributed by atoms with Crippen LogP contribution in [0.15, 0.2) is 12.1 Å². The third-order valence-electron chi connectivity index (χ3n) is 1.82. The first-order valence-corrected chi connectivity index (χ1v) is 6.02. The normalized spacial score (nSPS) is 18.8. The van der Waals surface area contributed by atoms with E-state index in [-0.39, 0.29) is 6.61 Å². The van der Waals surface area contributed by atoms with Crippen LogP contribution >= 0.6 is 23.5 Å². The van der Waals surface area contributed by atoms with Crippen LogP contribution in [0.1, 0.15) is 16.0 Å². The van der Waals surface area contributed by atoms with E-state index in [1.807, 2.05) is 29.6 Å². The number of hydrogen-bond acceptors (Lipinski definition) is 3. The van der Waals surface area contributed by atoms with Gasteiger partial charge in [-0.1, -0.05) is 0 Å². The van der Waals surface area contributed by atoms with Crippen molar-refractivity contribution >= 4 is 23.5 Å². The SMILES string of the molecule is OCc1ccc(C2SCCS2)[nH]1.